The average Bonchev–Trinajstić information content (AvgIpc) is 3.30. The van der Waals surface area contributed by atoms with Gasteiger partial charge in [0.05, 0.1) is 6.54 Å². The summed E-state index contributed by atoms with van der Waals surface area (Å²) in [5.41, 5.74) is 4.91. The van der Waals surface area contributed by atoms with Crippen LogP contribution in [-0.2, 0) is 13.1 Å². The van der Waals surface area contributed by atoms with Gasteiger partial charge in [0.1, 0.15) is 18.3 Å². The number of nitrogens with zero attached hydrogens (tertiary/aromatic N) is 3. The summed E-state index contributed by atoms with van der Waals surface area (Å²) in [6, 6.07) is 16.1. The molecule has 0 aliphatic carbocycles. The predicted octanol–water partition coefficient (Wildman–Crippen LogP) is 3.05. The highest BCUT2D eigenvalue weighted by Gasteiger charge is 2.09. The number of nitrogens with one attached hydrogen (secondary N) is 2. The van der Waals surface area contributed by atoms with E-state index in [0.717, 1.165) is 27.6 Å². The van der Waals surface area contributed by atoms with Crippen molar-refractivity contribution in [3.05, 3.63) is 83.6 Å². The summed E-state index contributed by atoms with van der Waals surface area (Å²) in [6.45, 7) is 3.20. The highest BCUT2D eigenvalue weighted by molar-refractivity contribution is 5.98. The fourth-order valence-electron chi connectivity index (χ4n) is 2.90. The molecule has 0 aliphatic rings. The van der Waals surface area contributed by atoms with Gasteiger partial charge >= 0.3 is 0 Å². The summed E-state index contributed by atoms with van der Waals surface area (Å²) >= 11 is 0. The second-order valence-corrected chi connectivity index (χ2v) is 6.37. The zero-order valence-electron chi connectivity index (χ0n) is 14.4. The van der Waals surface area contributed by atoms with Gasteiger partial charge in [-0.05, 0) is 35.7 Å². The molecule has 0 aliphatic heterocycles. The van der Waals surface area contributed by atoms with Crippen LogP contribution in [0.1, 0.15) is 27.2 Å². The summed E-state index contributed by atoms with van der Waals surface area (Å²) in [4.78, 5) is 19.5. The summed E-state index contributed by atoms with van der Waals surface area (Å²) in [5, 5.41) is 8.09. The summed E-state index contributed by atoms with van der Waals surface area (Å²) in [7, 11) is 0. The number of carbonyl (C=O) groups excluding carboxylic acids is 1. The molecule has 0 spiro atoms. The molecule has 2 heterocycles. The first-order valence-electron chi connectivity index (χ1n) is 8.45. The van der Waals surface area contributed by atoms with Gasteiger partial charge in [-0.15, -0.1) is 0 Å². The monoisotopic (exact) mass is 345 g/mol. The fraction of sp³-hybridized carbons (Fsp3) is 0.150. The molecule has 6 heteroatoms. The third kappa shape index (κ3) is 3.49. The average molecular weight is 345 g/mol. The molecule has 26 heavy (non-hydrogen) atoms. The molecule has 4 aromatic rings. The molecule has 0 radical (unpaired) electrons. The Balaban J connectivity index is 1.38. The zero-order chi connectivity index (χ0) is 17.9. The number of hydrogen-bond acceptors (Lipinski definition) is 3. The number of aromatic amines is 1. The Hall–Kier alpha value is -3.41. The number of rotatable bonds is 5. The Morgan fingerprint density at radius 3 is 2.69 bits per heavy atom. The molecular weight excluding hydrogens is 326 g/mol. The largest absolute Gasteiger partial charge is 0.351 e. The molecule has 2 aromatic carbocycles. The first kappa shape index (κ1) is 16.1. The van der Waals surface area contributed by atoms with Gasteiger partial charge < -0.3 is 10.3 Å². The van der Waals surface area contributed by atoms with E-state index in [0.29, 0.717) is 18.8 Å². The summed E-state index contributed by atoms with van der Waals surface area (Å²) < 4.78 is 1.77. The van der Waals surface area contributed by atoms with Crippen LogP contribution >= 0.6 is 0 Å². The van der Waals surface area contributed by atoms with Crippen molar-refractivity contribution < 1.29 is 4.79 Å². The van der Waals surface area contributed by atoms with Gasteiger partial charge in [0.15, 0.2) is 0 Å². The topological polar surface area (TPSA) is 75.6 Å². The molecule has 2 aromatic heterocycles. The maximum Gasteiger partial charge on any atom is 0.267 e. The molecule has 6 nitrogen and oxygen atoms in total. The number of H-pyrrole nitrogens is 1. The van der Waals surface area contributed by atoms with Crippen LogP contribution in [0.25, 0.3) is 10.9 Å². The Bertz CT molecular complexity index is 1030. The molecule has 0 saturated heterocycles. The fourth-order valence-corrected chi connectivity index (χ4v) is 2.90. The number of hydrogen-bond donors (Lipinski definition) is 2. The third-order valence-corrected chi connectivity index (χ3v) is 4.31. The van der Waals surface area contributed by atoms with Crippen molar-refractivity contribution in [3.8, 4) is 0 Å². The van der Waals surface area contributed by atoms with Crippen LogP contribution in [0.4, 0.5) is 0 Å². The van der Waals surface area contributed by atoms with Crippen LogP contribution < -0.4 is 5.32 Å². The van der Waals surface area contributed by atoms with Crippen LogP contribution in [0.5, 0.6) is 0 Å². The van der Waals surface area contributed by atoms with Gasteiger partial charge in [-0.25, -0.2) is 9.67 Å². The second-order valence-electron chi connectivity index (χ2n) is 6.37. The number of amides is 1. The molecule has 4 rings (SSSR count). The van der Waals surface area contributed by atoms with E-state index < -0.39 is 0 Å². The summed E-state index contributed by atoms with van der Waals surface area (Å²) in [6.07, 6.45) is 3.21. The van der Waals surface area contributed by atoms with E-state index >= 15 is 0 Å². The van der Waals surface area contributed by atoms with E-state index in [-0.39, 0.29) is 5.91 Å². The van der Waals surface area contributed by atoms with Gasteiger partial charge in [-0.2, -0.15) is 5.10 Å². The van der Waals surface area contributed by atoms with Crippen LogP contribution in [-0.4, -0.2) is 25.7 Å². The van der Waals surface area contributed by atoms with E-state index in [2.05, 4.69) is 20.4 Å². The van der Waals surface area contributed by atoms with Gasteiger partial charge in [0.25, 0.3) is 5.91 Å². The van der Waals surface area contributed by atoms with Crippen LogP contribution in [0.2, 0.25) is 0 Å². The lowest BCUT2D eigenvalue weighted by atomic mass is 10.1. The molecule has 0 fully saturated rings. The maximum atomic E-state index is 12.4. The van der Waals surface area contributed by atoms with Gasteiger partial charge in [0, 0.05) is 17.4 Å². The van der Waals surface area contributed by atoms with E-state index in [4.69, 9.17) is 0 Å². The molecule has 0 saturated carbocycles. The van der Waals surface area contributed by atoms with Crippen molar-refractivity contribution in [1.82, 2.24) is 25.1 Å². The number of benzene rings is 2. The van der Waals surface area contributed by atoms with Crippen molar-refractivity contribution in [2.24, 2.45) is 0 Å². The van der Waals surface area contributed by atoms with Gasteiger partial charge in [-0.3, -0.25) is 4.79 Å². The highest BCUT2D eigenvalue weighted by Crippen LogP contribution is 2.17. The van der Waals surface area contributed by atoms with Gasteiger partial charge in [0.2, 0.25) is 0 Å². The Morgan fingerprint density at radius 2 is 1.92 bits per heavy atom. The van der Waals surface area contributed by atoms with Crippen molar-refractivity contribution in [2.75, 3.05) is 0 Å². The van der Waals surface area contributed by atoms with Crippen molar-refractivity contribution >= 4 is 16.8 Å². The Labute approximate surface area is 150 Å². The highest BCUT2D eigenvalue weighted by atomic mass is 16.1. The molecular formula is C20H19N5O. The van der Waals surface area contributed by atoms with Crippen molar-refractivity contribution in [3.63, 3.8) is 0 Å². The van der Waals surface area contributed by atoms with Crippen LogP contribution in [0.15, 0.2) is 61.2 Å². The minimum Gasteiger partial charge on any atom is -0.351 e. The van der Waals surface area contributed by atoms with Crippen LogP contribution in [0, 0.1) is 6.92 Å². The smallest absolute Gasteiger partial charge is 0.267 e. The quantitative estimate of drug-likeness (QED) is 0.584. The third-order valence-electron chi connectivity index (χ3n) is 4.31. The first-order valence-corrected chi connectivity index (χ1v) is 8.45. The van der Waals surface area contributed by atoms with E-state index in [1.807, 2.05) is 55.5 Å². The Kier molecular flexibility index (Phi) is 4.23. The molecule has 0 bridgehead atoms. The SMILES string of the molecule is Cc1ccc2cc(C(=O)NCc3ccc(Cn4cncn4)cc3)[nH]c2c1. The minimum absolute atomic E-state index is 0.106. The minimum atomic E-state index is -0.106. The first-order chi connectivity index (χ1) is 12.7. The Morgan fingerprint density at radius 1 is 1.12 bits per heavy atom. The normalized spacial score (nSPS) is 11.0. The molecule has 2 N–H and O–H groups in total. The molecule has 0 unspecified atom stereocenters. The molecule has 0 atom stereocenters. The zero-order valence-corrected chi connectivity index (χ0v) is 14.4. The summed E-state index contributed by atoms with van der Waals surface area (Å²) in [5.74, 6) is -0.106. The number of aromatic nitrogens is 4. The number of aryl methyl sites for hydroxylation is 1. The molecule has 130 valence electrons. The standard InChI is InChI=1S/C20H19N5O/c1-14-2-7-17-9-19(24-18(17)8-14)20(26)22-10-15-3-5-16(6-4-15)11-25-13-21-12-23-25/h2-9,12-13,24H,10-11H2,1H3,(H,22,26). The lowest BCUT2D eigenvalue weighted by Crippen LogP contribution is -2.23. The van der Waals surface area contributed by atoms with Crippen molar-refractivity contribution in [2.45, 2.75) is 20.0 Å². The van der Waals surface area contributed by atoms with Crippen LogP contribution in [0.3, 0.4) is 0 Å². The van der Waals surface area contributed by atoms with E-state index in [1.54, 1.807) is 11.0 Å². The van der Waals surface area contributed by atoms with Crippen molar-refractivity contribution in [1.29, 1.82) is 0 Å². The van der Waals surface area contributed by atoms with Gasteiger partial charge in [-0.1, -0.05) is 36.4 Å². The van der Waals surface area contributed by atoms with E-state index in [1.165, 1.54) is 6.33 Å². The number of fused-ring (bicyclic) bond motifs is 1. The second kappa shape index (κ2) is 6.84. The predicted molar refractivity (Wildman–Crippen MR) is 99.8 cm³/mol. The lowest BCUT2D eigenvalue weighted by Gasteiger charge is -2.06. The number of carbonyl (C=O) groups is 1. The maximum absolute atomic E-state index is 12.4. The molecule has 1 amide bonds. The lowest BCUT2D eigenvalue weighted by molar-refractivity contribution is 0.0947. The van der Waals surface area contributed by atoms with E-state index in [9.17, 15) is 4.79 Å².